The highest BCUT2D eigenvalue weighted by Gasteiger charge is 2.30. The van der Waals surface area contributed by atoms with Crippen LogP contribution in [0.15, 0.2) is 41.5 Å². The van der Waals surface area contributed by atoms with E-state index in [4.69, 9.17) is 4.74 Å². The van der Waals surface area contributed by atoms with Crippen molar-refractivity contribution in [3.8, 4) is 11.5 Å². The number of phenols is 1. The number of nitrogens with one attached hydrogen (secondary N) is 3. The summed E-state index contributed by atoms with van der Waals surface area (Å²) < 4.78 is 5.49. The number of aromatic hydroxyl groups is 1. The number of hydrogen-bond donors (Lipinski definition) is 4. The average Bonchev–Trinajstić information content (AvgIpc) is 3.24. The Labute approximate surface area is 203 Å². The normalized spacial score (nSPS) is 18.9. The molecular weight excluding hydrogens is 428 g/mol. The average molecular weight is 467 g/mol. The van der Waals surface area contributed by atoms with Crippen LogP contribution in [-0.4, -0.2) is 29.9 Å². The minimum absolute atomic E-state index is 0.0243. The minimum atomic E-state index is -0.399. The first-order valence-electron chi connectivity index (χ1n) is 11.8. The number of hydrazine groups is 1. The van der Waals surface area contributed by atoms with Crippen LogP contribution in [0.5, 0.6) is 11.5 Å². The van der Waals surface area contributed by atoms with Crippen molar-refractivity contribution < 1.29 is 14.6 Å². The zero-order chi connectivity index (χ0) is 25.1. The van der Waals surface area contributed by atoms with Gasteiger partial charge in [0.15, 0.2) is 0 Å². The molecule has 0 bridgehead atoms. The van der Waals surface area contributed by atoms with Crippen molar-refractivity contribution in [2.75, 3.05) is 6.61 Å². The van der Waals surface area contributed by atoms with Crippen LogP contribution in [0.3, 0.4) is 0 Å². The van der Waals surface area contributed by atoms with Crippen LogP contribution in [0.1, 0.15) is 83.2 Å². The predicted molar refractivity (Wildman–Crippen MR) is 136 cm³/mol. The fourth-order valence-electron chi connectivity index (χ4n) is 4.03. The zero-order valence-electron chi connectivity index (χ0n) is 21.3. The molecule has 1 amide bonds. The van der Waals surface area contributed by atoms with E-state index in [0.717, 1.165) is 28.0 Å². The molecule has 0 saturated carbocycles. The maximum Gasteiger partial charge on any atom is 0.258 e. The third-order valence-corrected chi connectivity index (χ3v) is 5.95. The van der Waals surface area contributed by atoms with Gasteiger partial charge in [-0.25, -0.2) is 16.3 Å². The second kappa shape index (κ2) is 10.2. The molecule has 7 heteroatoms. The van der Waals surface area contributed by atoms with Crippen LogP contribution < -0.4 is 21.0 Å². The molecule has 1 fully saturated rings. The van der Waals surface area contributed by atoms with Gasteiger partial charge in [-0.15, -0.1) is 0 Å². The molecular formula is C27H38N4O3. The molecule has 4 N–H and O–H groups in total. The third-order valence-electron chi connectivity index (χ3n) is 5.95. The van der Waals surface area contributed by atoms with Gasteiger partial charge >= 0.3 is 0 Å². The summed E-state index contributed by atoms with van der Waals surface area (Å²) in [6.07, 6.45) is 2.24. The Balaban J connectivity index is 1.67. The molecule has 34 heavy (non-hydrogen) atoms. The molecule has 2 aromatic rings. The predicted octanol–water partition coefficient (Wildman–Crippen LogP) is 4.44. The van der Waals surface area contributed by atoms with E-state index in [2.05, 4.69) is 62.9 Å². The lowest BCUT2D eigenvalue weighted by Crippen LogP contribution is -2.41. The standard InChI is InChI=1S/C27H38N4O3/c1-8-34-19-11-9-18(10-12-19)22-15-23(30-29-22)25(33)31-28-16-17-13-20(26(2,3)4)24(32)21(14-17)27(5,6)7/h9-14,16,22-23,29-30,32H,8,15H2,1-7H3,(H,31,33)/b28-16-. The zero-order valence-corrected chi connectivity index (χ0v) is 21.3. The highest BCUT2D eigenvalue weighted by molar-refractivity contribution is 5.85. The van der Waals surface area contributed by atoms with E-state index >= 15 is 0 Å². The Bertz CT molecular complexity index is 998. The van der Waals surface area contributed by atoms with Gasteiger partial charge in [0.2, 0.25) is 0 Å². The van der Waals surface area contributed by atoms with E-state index in [1.807, 2.05) is 43.3 Å². The number of amides is 1. The SMILES string of the molecule is CCOc1ccc(C2CC(C(=O)N/N=C\c3cc(C(C)(C)C)c(O)c(C(C)(C)C)c3)NN2)cc1. The number of phenolic OH excluding ortho intramolecular Hbond substituents is 1. The third kappa shape index (κ3) is 6.15. The lowest BCUT2D eigenvalue weighted by atomic mass is 9.78. The van der Waals surface area contributed by atoms with E-state index < -0.39 is 6.04 Å². The topological polar surface area (TPSA) is 95.0 Å². The van der Waals surface area contributed by atoms with E-state index in [1.54, 1.807) is 6.21 Å². The summed E-state index contributed by atoms with van der Waals surface area (Å²) in [6.45, 7) is 15.0. The molecule has 7 nitrogen and oxygen atoms in total. The number of hydrazone groups is 1. The molecule has 0 spiro atoms. The van der Waals surface area contributed by atoms with Gasteiger partial charge < -0.3 is 9.84 Å². The maximum absolute atomic E-state index is 12.7. The van der Waals surface area contributed by atoms with Gasteiger partial charge in [0.05, 0.1) is 12.8 Å². The summed E-state index contributed by atoms with van der Waals surface area (Å²) in [5.41, 5.74) is 12.1. The van der Waals surface area contributed by atoms with Crippen LogP contribution in [0.4, 0.5) is 0 Å². The first-order valence-corrected chi connectivity index (χ1v) is 11.8. The molecule has 1 saturated heterocycles. The summed E-state index contributed by atoms with van der Waals surface area (Å²) in [7, 11) is 0. The van der Waals surface area contributed by atoms with Gasteiger partial charge in [0, 0.05) is 17.2 Å². The number of nitrogens with zero attached hydrogens (tertiary/aromatic N) is 1. The van der Waals surface area contributed by atoms with Crippen molar-refractivity contribution in [3.05, 3.63) is 58.7 Å². The lowest BCUT2D eigenvalue weighted by molar-refractivity contribution is -0.122. The van der Waals surface area contributed by atoms with Crippen molar-refractivity contribution >= 4 is 12.1 Å². The van der Waals surface area contributed by atoms with Gasteiger partial charge in [0.1, 0.15) is 17.5 Å². The van der Waals surface area contributed by atoms with Crippen LogP contribution in [0.2, 0.25) is 0 Å². The number of carbonyl (C=O) groups excluding carboxylic acids is 1. The van der Waals surface area contributed by atoms with E-state index in [-0.39, 0.29) is 22.8 Å². The second-order valence-corrected chi connectivity index (χ2v) is 10.8. The minimum Gasteiger partial charge on any atom is -0.507 e. The lowest BCUT2D eigenvalue weighted by Gasteiger charge is -2.27. The van der Waals surface area contributed by atoms with Crippen molar-refractivity contribution in [1.82, 2.24) is 16.3 Å². The molecule has 3 rings (SSSR count). The van der Waals surface area contributed by atoms with E-state index in [9.17, 15) is 9.90 Å². The summed E-state index contributed by atoms with van der Waals surface area (Å²) in [4.78, 5) is 12.7. The van der Waals surface area contributed by atoms with Crippen LogP contribution >= 0.6 is 0 Å². The molecule has 1 heterocycles. The molecule has 184 valence electrons. The molecule has 2 aromatic carbocycles. The fraction of sp³-hybridized carbons (Fsp3) is 0.481. The van der Waals surface area contributed by atoms with E-state index in [0.29, 0.717) is 18.8 Å². The smallest absolute Gasteiger partial charge is 0.258 e. The molecule has 0 aromatic heterocycles. The highest BCUT2D eigenvalue weighted by Crippen LogP contribution is 2.39. The fourth-order valence-corrected chi connectivity index (χ4v) is 4.03. The van der Waals surface area contributed by atoms with Crippen LogP contribution in [-0.2, 0) is 15.6 Å². The Morgan fingerprint density at radius 1 is 1.09 bits per heavy atom. The van der Waals surface area contributed by atoms with E-state index in [1.165, 1.54) is 0 Å². The summed E-state index contributed by atoms with van der Waals surface area (Å²) in [5.74, 6) is 0.949. The largest absolute Gasteiger partial charge is 0.507 e. The molecule has 1 aliphatic heterocycles. The van der Waals surface area contributed by atoms with Crippen molar-refractivity contribution in [3.63, 3.8) is 0 Å². The molecule has 0 radical (unpaired) electrons. The number of rotatable bonds is 6. The Kier molecular flexibility index (Phi) is 7.68. The molecule has 0 aliphatic carbocycles. The summed E-state index contributed by atoms with van der Waals surface area (Å²) in [6, 6.07) is 11.4. The quantitative estimate of drug-likeness (QED) is 0.373. The number of benzene rings is 2. The van der Waals surface area contributed by atoms with Gasteiger partial charge in [-0.05, 0) is 59.6 Å². The number of hydrogen-bond acceptors (Lipinski definition) is 6. The molecule has 2 atom stereocenters. The first-order chi connectivity index (χ1) is 15.9. The number of ether oxygens (including phenoxy) is 1. The van der Waals surface area contributed by atoms with Crippen molar-refractivity contribution in [2.45, 2.75) is 77.8 Å². The van der Waals surface area contributed by atoms with Gasteiger partial charge in [-0.3, -0.25) is 4.79 Å². The van der Waals surface area contributed by atoms with Crippen molar-refractivity contribution in [2.24, 2.45) is 5.10 Å². The van der Waals surface area contributed by atoms with Crippen molar-refractivity contribution in [1.29, 1.82) is 0 Å². The Hall–Kier alpha value is -2.90. The first kappa shape index (κ1) is 25.7. The highest BCUT2D eigenvalue weighted by atomic mass is 16.5. The monoisotopic (exact) mass is 466 g/mol. The van der Waals surface area contributed by atoms with Gasteiger partial charge in [0.25, 0.3) is 5.91 Å². The van der Waals surface area contributed by atoms with Gasteiger partial charge in [-0.1, -0.05) is 53.7 Å². The molecule has 1 aliphatic rings. The Morgan fingerprint density at radius 3 is 2.21 bits per heavy atom. The van der Waals surface area contributed by atoms with Gasteiger partial charge in [-0.2, -0.15) is 5.10 Å². The maximum atomic E-state index is 12.7. The van der Waals surface area contributed by atoms with Crippen LogP contribution in [0.25, 0.3) is 0 Å². The molecule has 2 unspecified atom stereocenters. The van der Waals surface area contributed by atoms with Crippen LogP contribution in [0, 0.1) is 0 Å². The summed E-state index contributed by atoms with van der Waals surface area (Å²) in [5, 5.41) is 15.1. The second-order valence-electron chi connectivity index (χ2n) is 10.8. The number of carbonyl (C=O) groups is 1. The Morgan fingerprint density at radius 2 is 1.68 bits per heavy atom. The summed E-state index contributed by atoms with van der Waals surface area (Å²) >= 11 is 0.